The number of carbonyl (C=O) groups is 1. The molecule has 0 saturated carbocycles. The predicted octanol–water partition coefficient (Wildman–Crippen LogP) is 3.73. The maximum absolute atomic E-state index is 12.8. The largest absolute Gasteiger partial charge is 0.437 e. The van der Waals surface area contributed by atoms with Crippen LogP contribution in [0.5, 0.6) is 0 Å². The molecule has 0 radical (unpaired) electrons. The molecule has 0 atom stereocenters. The van der Waals surface area contributed by atoms with Crippen molar-refractivity contribution in [1.82, 2.24) is 9.88 Å². The van der Waals surface area contributed by atoms with Crippen LogP contribution in [0, 0.1) is 13.8 Å². The highest BCUT2D eigenvalue weighted by Gasteiger charge is 2.23. The van der Waals surface area contributed by atoms with Gasteiger partial charge in [-0.05, 0) is 13.0 Å². The van der Waals surface area contributed by atoms with E-state index in [0.717, 1.165) is 0 Å². The summed E-state index contributed by atoms with van der Waals surface area (Å²) in [6.45, 7) is 3.47. The summed E-state index contributed by atoms with van der Waals surface area (Å²) in [5, 5.41) is 0.521. The lowest BCUT2D eigenvalue weighted by atomic mass is 10.0. The number of carbonyl (C=O) groups excluding carboxylic acids is 1. The molecule has 0 aliphatic rings. The van der Waals surface area contributed by atoms with Crippen molar-refractivity contribution in [2.75, 3.05) is 14.1 Å². The molecule has 0 unspecified atom stereocenters. The van der Waals surface area contributed by atoms with Gasteiger partial charge in [0.05, 0.1) is 11.3 Å². The van der Waals surface area contributed by atoms with Gasteiger partial charge in [-0.25, -0.2) is 4.98 Å². The number of hydrogen-bond acceptors (Lipinski definition) is 4. The zero-order valence-corrected chi connectivity index (χ0v) is 13.2. The van der Waals surface area contributed by atoms with Crippen molar-refractivity contribution in [1.29, 1.82) is 0 Å². The van der Waals surface area contributed by atoms with E-state index < -0.39 is 0 Å². The van der Waals surface area contributed by atoms with E-state index in [2.05, 4.69) is 4.98 Å². The second kappa shape index (κ2) is 6.14. The summed E-state index contributed by atoms with van der Waals surface area (Å²) in [6, 6.07) is 7.24. The molecule has 0 amide bonds. The molecule has 1 heterocycles. The number of halogens is 1. The Morgan fingerprint density at radius 1 is 1.29 bits per heavy atom. The minimum atomic E-state index is -0.227. The predicted molar refractivity (Wildman–Crippen MR) is 83.4 cm³/mol. The van der Waals surface area contributed by atoms with E-state index in [4.69, 9.17) is 16.0 Å². The minimum absolute atomic E-state index is 0.227. The number of benzene rings is 1. The summed E-state index contributed by atoms with van der Waals surface area (Å²) in [6.07, 6.45) is 1.74. The van der Waals surface area contributed by atoms with E-state index in [1.807, 2.05) is 32.3 Å². The van der Waals surface area contributed by atoms with Crippen LogP contribution in [0.1, 0.15) is 27.7 Å². The number of nitrogens with zero attached hydrogens (tertiary/aromatic N) is 2. The summed E-state index contributed by atoms with van der Waals surface area (Å²) in [7, 11) is 3.70. The maximum Gasteiger partial charge on any atom is 0.232 e. The van der Waals surface area contributed by atoms with Crippen LogP contribution in [0.3, 0.4) is 0 Å². The molecule has 1 aromatic heterocycles. The summed E-state index contributed by atoms with van der Waals surface area (Å²) >= 11 is 6.22. The van der Waals surface area contributed by atoms with Crippen molar-refractivity contribution in [3.8, 4) is 0 Å². The number of hydrogen-bond donors (Lipinski definition) is 0. The van der Waals surface area contributed by atoms with E-state index in [0.29, 0.717) is 27.7 Å². The molecule has 4 nitrogen and oxygen atoms in total. The quantitative estimate of drug-likeness (QED) is 0.638. The molecule has 0 fully saturated rings. The standard InChI is InChI=1S/C16H17ClN2O2/c1-10-16(21-11(2)18-10)15(20)13(9-19(3)4)12-7-5-6-8-14(12)17/h5-9H,1-4H3. The molecular weight excluding hydrogens is 288 g/mol. The van der Waals surface area contributed by atoms with Gasteiger partial charge in [0.15, 0.2) is 11.7 Å². The lowest BCUT2D eigenvalue weighted by Gasteiger charge is -2.12. The highest BCUT2D eigenvalue weighted by Crippen LogP contribution is 2.28. The number of aromatic nitrogens is 1. The Morgan fingerprint density at radius 2 is 1.95 bits per heavy atom. The lowest BCUT2D eigenvalue weighted by Crippen LogP contribution is -2.10. The number of aryl methyl sites for hydroxylation is 2. The molecule has 0 N–H and O–H groups in total. The molecule has 0 aliphatic heterocycles. The van der Waals surface area contributed by atoms with Crippen molar-refractivity contribution in [2.45, 2.75) is 13.8 Å². The Morgan fingerprint density at radius 3 is 2.48 bits per heavy atom. The van der Waals surface area contributed by atoms with Crippen LogP contribution in [-0.2, 0) is 0 Å². The molecule has 0 bridgehead atoms. The highest BCUT2D eigenvalue weighted by molar-refractivity contribution is 6.36. The summed E-state index contributed by atoms with van der Waals surface area (Å²) < 4.78 is 5.44. The average Bonchev–Trinajstić information content (AvgIpc) is 2.75. The van der Waals surface area contributed by atoms with Crippen LogP contribution < -0.4 is 0 Å². The average molecular weight is 305 g/mol. The van der Waals surface area contributed by atoms with Gasteiger partial charge in [-0.1, -0.05) is 29.8 Å². The summed E-state index contributed by atoms with van der Waals surface area (Å²) in [5.41, 5.74) is 1.73. The zero-order valence-electron chi connectivity index (χ0n) is 12.5. The third-order valence-corrected chi connectivity index (χ3v) is 3.24. The van der Waals surface area contributed by atoms with Crippen molar-refractivity contribution in [2.24, 2.45) is 0 Å². The monoisotopic (exact) mass is 304 g/mol. The first-order valence-corrected chi connectivity index (χ1v) is 6.90. The Hall–Kier alpha value is -2.07. The van der Waals surface area contributed by atoms with Gasteiger partial charge in [-0.3, -0.25) is 4.79 Å². The fourth-order valence-corrected chi connectivity index (χ4v) is 2.29. The first-order chi connectivity index (χ1) is 9.90. The molecule has 0 saturated heterocycles. The van der Waals surface area contributed by atoms with Gasteiger partial charge in [0, 0.05) is 37.8 Å². The van der Waals surface area contributed by atoms with E-state index in [1.165, 1.54) is 0 Å². The topological polar surface area (TPSA) is 46.3 Å². The lowest BCUT2D eigenvalue weighted by molar-refractivity contribution is 0.102. The van der Waals surface area contributed by atoms with Gasteiger partial charge in [0.2, 0.25) is 5.78 Å². The fourth-order valence-electron chi connectivity index (χ4n) is 2.05. The molecule has 1 aromatic carbocycles. The van der Waals surface area contributed by atoms with Gasteiger partial charge in [0.25, 0.3) is 0 Å². The van der Waals surface area contributed by atoms with Gasteiger partial charge in [0.1, 0.15) is 0 Å². The summed E-state index contributed by atoms with van der Waals surface area (Å²) in [5.74, 6) is 0.495. The Balaban J connectivity index is 2.55. The fraction of sp³-hybridized carbons (Fsp3) is 0.250. The van der Waals surface area contributed by atoms with E-state index in [9.17, 15) is 4.79 Å². The van der Waals surface area contributed by atoms with Crippen molar-refractivity contribution in [3.63, 3.8) is 0 Å². The van der Waals surface area contributed by atoms with Gasteiger partial charge in [-0.15, -0.1) is 0 Å². The van der Waals surface area contributed by atoms with Crippen LogP contribution in [0.25, 0.3) is 5.57 Å². The van der Waals surface area contributed by atoms with Crippen LogP contribution in [0.4, 0.5) is 0 Å². The smallest absolute Gasteiger partial charge is 0.232 e. The van der Waals surface area contributed by atoms with Crippen LogP contribution in [0.2, 0.25) is 5.02 Å². The number of Topliss-reactive ketones (excluding diaryl/α,β-unsaturated/α-hetero) is 1. The van der Waals surface area contributed by atoms with Gasteiger partial charge >= 0.3 is 0 Å². The number of allylic oxidation sites excluding steroid dienone is 1. The van der Waals surface area contributed by atoms with Crippen LogP contribution in [0.15, 0.2) is 34.9 Å². The molecule has 21 heavy (non-hydrogen) atoms. The summed E-state index contributed by atoms with van der Waals surface area (Å²) in [4.78, 5) is 18.7. The Bertz CT molecular complexity index is 702. The molecule has 5 heteroatoms. The third-order valence-electron chi connectivity index (χ3n) is 2.91. The Kier molecular flexibility index (Phi) is 4.48. The molecule has 2 aromatic rings. The maximum atomic E-state index is 12.8. The number of oxazole rings is 1. The first-order valence-electron chi connectivity index (χ1n) is 6.52. The molecular formula is C16H17ClN2O2. The Labute approximate surface area is 129 Å². The zero-order chi connectivity index (χ0) is 15.6. The highest BCUT2D eigenvalue weighted by atomic mass is 35.5. The molecule has 0 aliphatic carbocycles. The van der Waals surface area contributed by atoms with E-state index in [1.54, 1.807) is 31.0 Å². The van der Waals surface area contributed by atoms with Gasteiger partial charge in [-0.2, -0.15) is 0 Å². The molecule has 2 rings (SSSR count). The molecule has 110 valence electrons. The van der Waals surface area contributed by atoms with Gasteiger partial charge < -0.3 is 9.32 Å². The van der Waals surface area contributed by atoms with E-state index >= 15 is 0 Å². The SMILES string of the molecule is Cc1nc(C)c(C(=O)C(=CN(C)C)c2ccccc2Cl)o1. The van der Waals surface area contributed by atoms with Crippen LogP contribution in [-0.4, -0.2) is 29.8 Å². The first kappa shape index (κ1) is 15.3. The van der Waals surface area contributed by atoms with Crippen LogP contribution >= 0.6 is 11.6 Å². The number of rotatable bonds is 4. The van der Waals surface area contributed by atoms with Crippen molar-refractivity contribution in [3.05, 3.63) is 58.4 Å². The normalized spacial score (nSPS) is 11.6. The molecule has 0 spiro atoms. The third kappa shape index (κ3) is 3.34. The number of ketones is 1. The second-order valence-electron chi connectivity index (χ2n) is 4.96. The minimum Gasteiger partial charge on any atom is -0.437 e. The van der Waals surface area contributed by atoms with Crippen molar-refractivity contribution >= 4 is 23.0 Å². The van der Waals surface area contributed by atoms with E-state index in [-0.39, 0.29) is 11.5 Å². The van der Waals surface area contributed by atoms with Crippen molar-refractivity contribution < 1.29 is 9.21 Å². The second-order valence-corrected chi connectivity index (χ2v) is 5.37.